The molecule has 1 aromatic carbocycles. The average Bonchev–Trinajstić information content (AvgIpc) is 2.60. The summed E-state index contributed by atoms with van der Waals surface area (Å²) in [6.45, 7) is 2.76. The van der Waals surface area contributed by atoms with Gasteiger partial charge in [0.1, 0.15) is 0 Å². The van der Waals surface area contributed by atoms with Crippen molar-refractivity contribution in [2.75, 3.05) is 26.7 Å². The molecule has 2 aliphatic rings. The van der Waals surface area contributed by atoms with E-state index in [1.165, 1.54) is 19.3 Å². The summed E-state index contributed by atoms with van der Waals surface area (Å²) in [5.74, 6) is -0.670. The lowest BCUT2D eigenvalue weighted by atomic mass is 9.78. The standard InChI is InChI=1S/C20H28N2O3/c1-21-13-14-22(20(15-21)11-3-2-4-12-20)18(23)10-7-16-5-8-17(9-6-16)19(24)25/h5-6,8-9H,2-4,7,10-15H2,1H3,(H,24,25). The fourth-order valence-corrected chi connectivity index (χ4v) is 4.40. The van der Waals surface area contributed by atoms with Crippen molar-refractivity contribution in [2.24, 2.45) is 0 Å². The summed E-state index contributed by atoms with van der Waals surface area (Å²) in [7, 11) is 2.15. The summed E-state index contributed by atoms with van der Waals surface area (Å²) >= 11 is 0. The van der Waals surface area contributed by atoms with Gasteiger partial charge in [0, 0.05) is 26.1 Å². The highest BCUT2D eigenvalue weighted by Crippen LogP contribution is 2.36. The largest absolute Gasteiger partial charge is 0.478 e. The number of rotatable bonds is 4. The smallest absolute Gasteiger partial charge is 0.335 e. The van der Waals surface area contributed by atoms with Crippen molar-refractivity contribution < 1.29 is 14.7 Å². The van der Waals surface area contributed by atoms with Gasteiger partial charge >= 0.3 is 5.97 Å². The van der Waals surface area contributed by atoms with E-state index < -0.39 is 5.97 Å². The SMILES string of the molecule is CN1CCN(C(=O)CCc2ccc(C(=O)O)cc2)C2(CCCCC2)C1. The number of benzene rings is 1. The van der Waals surface area contributed by atoms with Gasteiger partial charge in [-0.05, 0) is 44.0 Å². The van der Waals surface area contributed by atoms with Gasteiger partial charge in [0.05, 0.1) is 11.1 Å². The van der Waals surface area contributed by atoms with Crippen molar-refractivity contribution in [3.8, 4) is 0 Å². The number of carboxylic acids is 1. The molecule has 136 valence electrons. The first-order valence-corrected chi connectivity index (χ1v) is 9.31. The first kappa shape index (κ1) is 17.9. The van der Waals surface area contributed by atoms with Gasteiger partial charge in [0.25, 0.3) is 0 Å². The molecule has 1 aliphatic carbocycles. The number of carbonyl (C=O) groups excluding carboxylic acids is 1. The van der Waals surface area contributed by atoms with Gasteiger partial charge < -0.3 is 14.9 Å². The number of hydrogen-bond donors (Lipinski definition) is 1. The van der Waals surface area contributed by atoms with Gasteiger partial charge in [-0.2, -0.15) is 0 Å². The van der Waals surface area contributed by atoms with E-state index in [4.69, 9.17) is 5.11 Å². The Balaban J connectivity index is 1.63. The number of likely N-dealkylation sites (N-methyl/N-ethyl adjacent to an activating group) is 1. The van der Waals surface area contributed by atoms with Gasteiger partial charge in [-0.15, -0.1) is 0 Å². The average molecular weight is 344 g/mol. The van der Waals surface area contributed by atoms with E-state index in [1.54, 1.807) is 12.1 Å². The number of piperazine rings is 1. The van der Waals surface area contributed by atoms with Crippen LogP contribution in [0.1, 0.15) is 54.4 Å². The van der Waals surface area contributed by atoms with E-state index in [0.29, 0.717) is 12.8 Å². The highest BCUT2D eigenvalue weighted by atomic mass is 16.4. The predicted molar refractivity (Wildman–Crippen MR) is 96.7 cm³/mol. The second-order valence-corrected chi connectivity index (χ2v) is 7.57. The Kier molecular flexibility index (Phi) is 5.42. The molecule has 1 saturated carbocycles. The molecule has 25 heavy (non-hydrogen) atoms. The van der Waals surface area contributed by atoms with Crippen LogP contribution in [0.5, 0.6) is 0 Å². The van der Waals surface area contributed by atoms with Crippen molar-refractivity contribution in [1.29, 1.82) is 0 Å². The third-order valence-corrected chi connectivity index (χ3v) is 5.76. The maximum Gasteiger partial charge on any atom is 0.335 e. The van der Waals surface area contributed by atoms with Crippen LogP contribution in [0, 0.1) is 0 Å². The third kappa shape index (κ3) is 4.03. The zero-order valence-electron chi connectivity index (χ0n) is 15.0. The summed E-state index contributed by atoms with van der Waals surface area (Å²) in [5, 5.41) is 8.96. The maximum absolute atomic E-state index is 12.9. The number of aryl methyl sites for hydroxylation is 1. The summed E-state index contributed by atoms with van der Waals surface area (Å²) in [4.78, 5) is 28.4. The number of carbonyl (C=O) groups is 2. The number of hydrogen-bond acceptors (Lipinski definition) is 3. The van der Waals surface area contributed by atoms with Crippen LogP contribution in [-0.4, -0.2) is 59.0 Å². The first-order valence-electron chi connectivity index (χ1n) is 9.31. The van der Waals surface area contributed by atoms with E-state index >= 15 is 0 Å². The summed E-state index contributed by atoms with van der Waals surface area (Å²) in [5.41, 5.74) is 1.34. The lowest BCUT2D eigenvalue weighted by Gasteiger charge is -2.52. The molecule has 5 heteroatoms. The van der Waals surface area contributed by atoms with Crippen molar-refractivity contribution in [3.05, 3.63) is 35.4 Å². The van der Waals surface area contributed by atoms with Crippen LogP contribution >= 0.6 is 0 Å². The molecule has 1 aliphatic heterocycles. The molecule has 1 N–H and O–H groups in total. The summed E-state index contributed by atoms with van der Waals surface area (Å²) in [6, 6.07) is 6.86. The van der Waals surface area contributed by atoms with Crippen LogP contribution in [0.25, 0.3) is 0 Å². The molecule has 0 unspecified atom stereocenters. The monoisotopic (exact) mass is 344 g/mol. The Morgan fingerprint density at radius 1 is 1.08 bits per heavy atom. The van der Waals surface area contributed by atoms with E-state index in [0.717, 1.165) is 38.0 Å². The minimum absolute atomic E-state index is 0.0372. The van der Waals surface area contributed by atoms with Crippen LogP contribution in [0.15, 0.2) is 24.3 Å². The Hall–Kier alpha value is -1.88. The van der Waals surface area contributed by atoms with Crippen molar-refractivity contribution in [1.82, 2.24) is 9.80 Å². The molecular formula is C20H28N2O3. The molecular weight excluding hydrogens is 316 g/mol. The molecule has 1 saturated heterocycles. The molecule has 0 aromatic heterocycles. The minimum Gasteiger partial charge on any atom is -0.478 e. The third-order valence-electron chi connectivity index (χ3n) is 5.76. The Morgan fingerprint density at radius 2 is 1.76 bits per heavy atom. The number of aromatic carboxylic acids is 1. The molecule has 0 bridgehead atoms. The van der Waals surface area contributed by atoms with Crippen molar-refractivity contribution >= 4 is 11.9 Å². The molecule has 0 atom stereocenters. The lowest BCUT2D eigenvalue weighted by Crippen LogP contribution is -2.63. The van der Waals surface area contributed by atoms with Gasteiger partial charge in [-0.3, -0.25) is 4.79 Å². The van der Waals surface area contributed by atoms with E-state index in [2.05, 4.69) is 16.8 Å². The van der Waals surface area contributed by atoms with Crippen molar-refractivity contribution in [3.63, 3.8) is 0 Å². The normalized spacial score (nSPS) is 20.6. The van der Waals surface area contributed by atoms with Gasteiger partial charge in [-0.25, -0.2) is 4.79 Å². The van der Waals surface area contributed by atoms with Crippen LogP contribution in [0.3, 0.4) is 0 Å². The highest BCUT2D eigenvalue weighted by molar-refractivity contribution is 5.87. The number of nitrogens with zero attached hydrogens (tertiary/aromatic N) is 2. The van der Waals surface area contributed by atoms with E-state index in [1.807, 2.05) is 12.1 Å². The molecule has 1 amide bonds. The number of carboxylic acid groups (broad SMARTS) is 1. The second kappa shape index (κ2) is 7.56. The molecule has 2 fully saturated rings. The summed E-state index contributed by atoms with van der Waals surface area (Å²) in [6.07, 6.45) is 7.12. The predicted octanol–water partition coefficient (Wildman–Crippen LogP) is 2.79. The first-order chi connectivity index (χ1) is 12.0. The maximum atomic E-state index is 12.9. The quantitative estimate of drug-likeness (QED) is 0.912. The molecule has 1 aromatic rings. The minimum atomic E-state index is -0.917. The van der Waals surface area contributed by atoms with Gasteiger partial charge in [0.15, 0.2) is 0 Å². The van der Waals surface area contributed by atoms with Crippen LogP contribution in [0.4, 0.5) is 0 Å². The lowest BCUT2D eigenvalue weighted by molar-refractivity contribution is -0.144. The molecule has 1 heterocycles. The molecule has 3 rings (SSSR count). The van der Waals surface area contributed by atoms with E-state index in [9.17, 15) is 9.59 Å². The molecule has 1 spiro atoms. The van der Waals surface area contributed by atoms with Gasteiger partial charge in [0.2, 0.25) is 5.91 Å². The second-order valence-electron chi connectivity index (χ2n) is 7.57. The Morgan fingerprint density at radius 3 is 2.40 bits per heavy atom. The fraction of sp³-hybridized carbons (Fsp3) is 0.600. The topological polar surface area (TPSA) is 60.9 Å². The molecule has 5 nitrogen and oxygen atoms in total. The Bertz CT molecular complexity index is 620. The van der Waals surface area contributed by atoms with Crippen LogP contribution in [0.2, 0.25) is 0 Å². The van der Waals surface area contributed by atoms with Gasteiger partial charge in [-0.1, -0.05) is 31.4 Å². The van der Waals surface area contributed by atoms with Crippen LogP contribution < -0.4 is 0 Å². The zero-order valence-corrected chi connectivity index (χ0v) is 15.0. The van der Waals surface area contributed by atoms with Crippen LogP contribution in [-0.2, 0) is 11.2 Å². The molecule has 0 radical (unpaired) electrons. The van der Waals surface area contributed by atoms with Crippen molar-refractivity contribution in [2.45, 2.75) is 50.5 Å². The fourth-order valence-electron chi connectivity index (χ4n) is 4.40. The Labute approximate surface area is 149 Å². The summed E-state index contributed by atoms with van der Waals surface area (Å²) < 4.78 is 0. The van der Waals surface area contributed by atoms with E-state index in [-0.39, 0.29) is 17.0 Å². The number of amides is 1. The zero-order chi connectivity index (χ0) is 17.9. The highest BCUT2D eigenvalue weighted by Gasteiger charge is 2.43.